The van der Waals surface area contributed by atoms with Gasteiger partial charge in [-0.25, -0.2) is 9.78 Å². The third kappa shape index (κ3) is 3.10. The molecule has 1 atom stereocenters. The van der Waals surface area contributed by atoms with Crippen molar-refractivity contribution >= 4 is 46.0 Å². The molecule has 0 aromatic carbocycles. The number of rotatable bonds is 4. The Labute approximate surface area is 123 Å². The normalized spacial score (nSPS) is 21.4. The summed E-state index contributed by atoms with van der Waals surface area (Å²) in [5.74, 6) is -0.811. The zero-order valence-electron chi connectivity index (χ0n) is 10.6. The highest BCUT2D eigenvalue weighted by molar-refractivity contribution is 7.99. The molecule has 1 aliphatic heterocycles. The van der Waals surface area contributed by atoms with Gasteiger partial charge in [0.2, 0.25) is 5.91 Å². The van der Waals surface area contributed by atoms with E-state index in [0.29, 0.717) is 23.1 Å². The first-order chi connectivity index (χ1) is 9.43. The van der Waals surface area contributed by atoms with Crippen molar-refractivity contribution in [2.75, 3.05) is 16.8 Å². The van der Waals surface area contributed by atoms with Crippen molar-refractivity contribution in [1.29, 1.82) is 0 Å². The van der Waals surface area contributed by atoms with Gasteiger partial charge in [0, 0.05) is 18.1 Å². The smallest absolute Gasteiger partial charge is 0.330 e. The maximum atomic E-state index is 12.1. The summed E-state index contributed by atoms with van der Waals surface area (Å²) in [6.07, 6.45) is 0.390. The monoisotopic (exact) mass is 315 g/mol. The quantitative estimate of drug-likeness (QED) is 0.758. The second kappa shape index (κ2) is 5.80. The predicted octanol–water partition coefficient (Wildman–Crippen LogP) is 0.792. The van der Waals surface area contributed by atoms with Gasteiger partial charge in [0.25, 0.3) is 5.91 Å². The van der Waals surface area contributed by atoms with Crippen LogP contribution in [0, 0.1) is 0 Å². The fourth-order valence-electron chi connectivity index (χ4n) is 1.75. The first kappa shape index (κ1) is 14.8. The van der Waals surface area contributed by atoms with Crippen LogP contribution >= 0.6 is 23.1 Å². The molecule has 9 heteroatoms. The molecule has 1 unspecified atom stereocenters. The Morgan fingerprint density at radius 3 is 2.75 bits per heavy atom. The molecular formula is C11H13N3O4S2. The molecule has 1 aromatic rings. The lowest BCUT2D eigenvalue weighted by atomic mass is 9.99. The fourth-order valence-corrected chi connectivity index (χ4v) is 3.82. The molecule has 0 aliphatic carbocycles. The first-order valence-corrected chi connectivity index (χ1v) is 7.83. The number of thioether (sulfide) groups is 1. The molecule has 1 saturated heterocycles. The van der Waals surface area contributed by atoms with E-state index in [2.05, 4.69) is 15.6 Å². The Morgan fingerprint density at radius 1 is 1.45 bits per heavy atom. The third-order valence-electron chi connectivity index (χ3n) is 2.80. The zero-order chi connectivity index (χ0) is 14.8. The number of thiazole rings is 1. The highest BCUT2D eigenvalue weighted by Crippen LogP contribution is 2.28. The molecule has 7 nitrogen and oxygen atoms in total. The minimum Gasteiger partial charge on any atom is -0.479 e. The lowest BCUT2D eigenvalue weighted by Crippen LogP contribution is -2.54. The van der Waals surface area contributed by atoms with Crippen LogP contribution in [-0.2, 0) is 9.59 Å². The van der Waals surface area contributed by atoms with E-state index in [0.717, 1.165) is 11.3 Å². The molecule has 0 spiro atoms. The Kier molecular flexibility index (Phi) is 4.29. The zero-order valence-corrected chi connectivity index (χ0v) is 12.3. The van der Waals surface area contributed by atoms with Crippen molar-refractivity contribution in [2.45, 2.75) is 18.9 Å². The Hall–Kier alpha value is -1.61. The molecule has 2 heterocycles. The Balaban J connectivity index is 2.09. The molecule has 1 aliphatic rings. The van der Waals surface area contributed by atoms with E-state index in [9.17, 15) is 19.5 Å². The van der Waals surface area contributed by atoms with Gasteiger partial charge in [-0.15, -0.1) is 11.3 Å². The van der Waals surface area contributed by atoms with Gasteiger partial charge in [-0.05, 0) is 12.2 Å². The van der Waals surface area contributed by atoms with Crippen LogP contribution in [0.1, 0.15) is 23.8 Å². The lowest BCUT2D eigenvalue weighted by molar-refractivity contribution is -0.143. The van der Waals surface area contributed by atoms with Gasteiger partial charge < -0.3 is 15.7 Å². The topological polar surface area (TPSA) is 108 Å². The molecule has 2 rings (SSSR count). The molecular weight excluding hydrogens is 302 g/mol. The average molecular weight is 315 g/mol. The largest absolute Gasteiger partial charge is 0.479 e. The molecule has 0 bridgehead atoms. The van der Waals surface area contributed by atoms with E-state index in [1.54, 1.807) is 0 Å². The SMILES string of the molecule is CC(=O)Nc1nc(C(=O)NC2(C(=O)O)CCSC2)cs1. The summed E-state index contributed by atoms with van der Waals surface area (Å²) in [4.78, 5) is 38.2. The molecule has 108 valence electrons. The van der Waals surface area contributed by atoms with Crippen LogP contribution in [0.25, 0.3) is 0 Å². The van der Waals surface area contributed by atoms with Gasteiger partial charge in [0.15, 0.2) is 5.13 Å². The van der Waals surface area contributed by atoms with Crippen molar-refractivity contribution in [3.05, 3.63) is 11.1 Å². The van der Waals surface area contributed by atoms with Crippen LogP contribution < -0.4 is 10.6 Å². The third-order valence-corrected chi connectivity index (χ3v) is 4.75. The number of nitrogens with zero attached hydrogens (tertiary/aromatic N) is 1. The lowest BCUT2D eigenvalue weighted by Gasteiger charge is -2.23. The molecule has 2 amide bonds. The number of aliphatic carboxylic acids is 1. The van der Waals surface area contributed by atoms with Gasteiger partial charge in [-0.1, -0.05) is 0 Å². The molecule has 3 N–H and O–H groups in total. The van der Waals surface area contributed by atoms with E-state index >= 15 is 0 Å². The summed E-state index contributed by atoms with van der Waals surface area (Å²) in [7, 11) is 0. The number of nitrogens with one attached hydrogen (secondary N) is 2. The Bertz CT molecular complexity index is 552. The van der Waals surface area contributed by atoms with E-state index < -0.39 is 17.4 Å². The van der Waals surface area contributed by atoms with Crippen LogP contribution in [0.5, 0.6) is 0 Å². The van der Waals surface area contributed by atoms with E-state index in [4.69, 9.17) is 0 Å². The van der Waals surface area contributed by atoms with E-state index in [1.807, 2.05) is 0 Å². The predicted molar refractivity (Wildman–Crippen MR) is 76.2 cm³/mol. The number of carboxylic acid groups (broad SMARTS) is 1. The summed E-state index contributed by atoms with van der Waals surface area (Å²) >= 11 is 2.60. The van der Waals surface area contributed by atoms with Gasteiger partial charge in [0.1, 0.15) is 11.2 Å². The molecule has 1 fully saturated rings. The first-order valence-electron chi connectivity index (χ1n) is 5.80. The van der Waals surface area contributed by atoms with Gasteiger partial charge in [-0.2, -0.15) is 11.8 Å². The van der Waals surface area contributed by atoms with Crippen LogP contribution in [-0.4, -0.2) is 44.9 Å². The molecule has 0 radical (unpaired) electrons. The van der Waals surface area contributed by atoms with E-state index in [1.165, 1.54) is 24.1 Å². The standard InChI is InChI=1S/C11H13N3O4S2/c1-6(15)12-10-13-7(4-20-10)8(16)14-11(9(17)18)2-3-19-5-11/h4H,2-3,5H2,1H3,(H,14,16)(H,17,18)(H,12,13,15). The highest BCUT2D eigenvalue weighted by Gasteiger charge is 2.43. The summed E-state index contributed by atoms with van der Waals surface area (Å²) in [5.41, 5.74) is -1.12. The van der Waals surface area contributed by atoms with Crippen molar-refractivity contribution in [3.8, 4) is 0 Å². The van der Waals surface area contributed by atoms with Crippen LogP contribution in [0.15, 0.2) is 5.38 Å². The second-order valence-corrected chi connectivity index (χ2v) is 6.33. The van der Waals surface area contributed by atoms with Crippen molar-refractivity contribution in [1.82, 2.24) is 10.3 Å². The van der Waals surface area contributed by atoms with Crippen molar-refractivity contribution < 1.29 is 19.5 Å². The van der Waals surface area contributed by atoms with Crippen molar-refractivity contribution in [3.63, 3.8) is 0 Å². The second-order valence-electron chi connectivity index (χ2n) is 4.36. The fraction of sp³-hybridized carbons (Fsp3) is 0.455. The van der Waals surface area contributed by atoms with Crippen LogP contribution in [0.2, 0.25) is 0 Å². The number of hydrogen-bond donors (Lipinski definition) is 3. The number of carboxylic acids is 1. The van der Waals surface area contributed by atoms with E-state index in [-0.39, 0.29) is 11.6 Å². The number of carbonyl (C=O) groups is 3. The van der Waals surface area contributed by atoms with Crippen LogP contribution in [0.3, 0.4) is 0 Å². The summed E-state index contributed by atoms with van der Waals surface area (Å²) in [6.45, 7) is 1.34. The van der Waals surface area contributed by atoms with Crippen LogP contribution in [0.4, 0.5) is 5.13 Å². The Morgan fingerprint density at radius 2 is 2.20 bits per heavy atom. The highest BCUT2D eigenvalue weighted by atomic mass is 32.2. The molecule has 20 heavy (non-hydrogen) atoms. The van der Waals surface area contributed by atoms with Gasteiger partial charge in [-0.3, -0.25) is 9.59 Å². The minimum absolute atomic E-state index is 0.108. The van der Waals surface area contributed by atoms with Gasteiger partial charge in [0.05, 0.1) is 0 Å². The molecule has 1 aromatic heterocycles. The van der Waals surface area contributed by atoms with Crippen molar-refractivity contribution in [2.24, 2.45) is 0 Å². The number of hydrogen-bond acceptors (Lipinski definition) is 6. The maximum Gasteiger partial charge on any atom is 0.330 e. The number of anilines is 1. The number of aromatic nitrogens is 1. The summed E-state index contributed by atoms with van der Waals surface area (Å²) in [6, 6.07) is 0. The average Bonchev–Trinajstić information content (AvgIpc) is 2.98. The number of amides is 2. The maximum absolute atomic E-state index is 12.1. The summed E-state index contributed by atoms with van der Waals surface area (Å²) < 4.78 is 0. The van der Waals surface area contributed by atoms with Gasteiger partial charge >= 0.3 is 5.97 Å². The number of carbonyl (C=O) groups excluding carboxylic acids is 2. The summed E-state index contributed by atoms with van der Waals surface area (Å²) in [5, 5.41) is 16.1. The minimum atomic E-state index is -1.22. The molecule has 0 saturated carbocycles.